The summed E-state index contributed by atoms with van der Waals surface area (Å²) < 4.78 is 11.7. The number of amides is 1. The molecule has 0 aliphatic rings. The molecule has 1 amide bonds. The number of nitrogens with zero attached hydrogens (tertiary/aromatic N) is 1. The van der Waals surface area contributed by atoms with E-state index in [1.54, 1.807) is 12.3 Å². The Labute approximate surface area is 184 Å². The van der Waals surface area contributed by atoms with Gasteiger partial charge in [0.2, 0.25) is 5.91 Å². The third-order valence-corrected chi connectivity index (χ3v) is 5.19. The first-order valence-electron chi connectivity index (χ1n) is 10.8. The summed E-state index contributed by atoms with van der Waals surface area (Å²) in [6.07, 6.45) is 4.34. The van der Waals surface area contributed by atoms with Gasteiger partial charge < -0.3 is 19.4 Å². The second-order valence-corrected chi connectivity index (χ2v) is 8.07. The number of carbonyl (C=O) groups is 1. The lowest BCUT2D eigenvalue weighted by atomic mass is 9.99. The van der Waals surface area contributed by atoms with Crippen molar-refractivity contribution >= 4 is 22.4 Å². The van der Waals surface area contributed by atoms with Crippen LogP contribution in [0.2, 0.25) is 0 Å². The van der Waals surface area contributed by atoms with Gasteiger partial charge in [0.1, 0.15) is 11.3 Å². The average Bonchev–Trinajstić information content (AvgIpc) is 3.14. The number of hydrogen-bond donors (Lipinski definition) is 1. The highest BCUT2D eigenvalue weighted by molar-refractivity contribution is 6.00. The van der Waals surface area contributed by atoms with E-state index in [1.807, 2.05) is 34.0 Å². The number of aryl methyl sites for hydroxylation is 1. The van der Waals surface area contributed by atoms with E-state index in [0.29, 0.717) is 18.9 Å². The zero-order chi connectivity index (χ0) is 22.4. The lowest BCUT2D eigenvalue weighted by Crippen LogP contribution is -2.25. The SMILES string of the molecule is CCOc1cc2occ(-c3ccc(C)cc3)c2cc1/C(C)=C/C(=O)NCCCN(C)C. The summed E-state index contributed by atoms with van der Waals surface area (Å²) in [5, 5.41) is 3.96. The number of nitrogens with one attached hydrogen (secondary N) is 1. The Hall–Kier alpha value is -3.05. The number of ether oxygens (including phenoxy) is 1. The monoisotopic (exact) mass is 420 g/mol. The van der Waals surface area contributed by atoms with Gasteiger partial charge in [-0.25, -0.2) is 0 Å². The molecule has 164 valence electrons. The number of rotatable bonds is 9. The smallest absolute Gasteiger partial charge is 0.244 e. The van der Waals surface area contributed by atoms with Crippen LogP contribution in [0, 0.1) is 6.92 Å². The molecule has 0 radical (unpaired) electrons. The summed E-state index contributed by atoms with van der Waals surface area (Å²) in [7, 11) is 4.05. The van der Waals surface area contributed by atoms with Crippen molar-refractivity contribution in [3.05, 3.63) is 59.9 Å². The van der Waals surface area contributed by atoms with Crippen LogP contribution in [-0.4, -0.2) is 44.6 Å². The van der Waals surface area contributed by atoms with Crippen molar-refractivity contribution in [3.8, 4) is 16.9 Å². The molecular weight excluding hydrogens is 388 g/mol. The molecule has 3 aromatic rings. The van der Waals surface area contributed by atoms with Crippen molar-refractivity contribution in [1.82, 2.24) is 10.2 Å². The Kier molecular flexibility index (Phi) is 7.53. The molecule has 0 saturated carbocycles. The fourth-order valence-corrected chi connectivity index (χ4v) is 3.53. The highest BCUT2D eigenvalue weighted by Crippen LogP contribution is 2.37. The number of benzene rings is 2. The molecule has 0 aliphatic carbocycles. The van der Waals surface area contributed by atoms with Crippen molar-refractivity contribution in [2.24, 2.45) is 0 Å². The first-order chi connectivity index (χ1) is 14.9. The van der Waals surface area contributed by atoms with Gasteiger partial charge in [-0.2, -0.15) is 0 Å². The van der Waals surface area contributed by atoms with Crippen molar-refractivity contribution in [2.45, 2.75) is 27.2 Å². The second-order valence-electron chi connectivity index (χ2n) is 8.07. The number of hydrogen-bond acceptors (Lipinski definition) is 4. The van der Waals surface area contributed by atoms with Crippen LogP contribution >= 0.6 is 0 Å². The largest absolute Gasteiger partial charge is 0.493 e. The van der Waals surface area contributed by atoms with E-state index in [9.17, 15) is 4.79 Å². The number of fused-ring (bicyclic) bond motifs is 1. The van der Waals surface area contributed by atoms with Gasteiger partial charge in [-0.15, -0.1) is 0 Å². The average molecular weight is 421 g/mol. The standard InChI is InChI=1S/C26H32N2O3/c1-6-30-24-16-25-22(23(17-31-25)20-10-8-18(2)9-11-20)15-21(24)19(3)14-26(29)27-12-7-13-28(4)5/h8-11,14-17H,6-7,12-13H2,1-5H3,(H,27,29)/b19-14+. The van der Waals surface area contributed by atoms with E-state index in [1.165, 1.54) is 5.56 Å². The van der Waals surface area contributed by atoms with Gasteiger partial charge in [0, 0.05) is 35.2 Å². The van der Waals surface area contributed by atoms with E-state index < -0.39 is 0 Å². The fraction of sp³-hybridized carbons (Fsp3) is 0.346. The molecule has 1 N–H and O–H groups in total. The van der Waals surface area contributed by atoms with Gasteiger partial charge in [-0.05, 0) is 65.0 Å². The molecule has 0 atom stereocenters. The molecule has 5 nitrogen and oxygen atoms in total. The fourth-order valence-electron chi connectivity index (χ4n) is 3.53. The summed E-state index contributed by atoms with van der Waals surface area (Å²) in [5.74, 6) is 0.624. The van der Waals surface area contributed by atoms with Crippen LogP contribution in [0.15, 0.2) is 53.2 Å². The van der Waals surface area contributed by atoms with Gasteiger partial charge >= 0.3 is 0 Å². The first kappa shape index (κ1) is 22.6. The Morgan fingerprint density at radius 2 is 1.94 bits per heavy atom. The molecule has 3 rings (SSSR count). The highest BCUT2D eigenvalue weighted by Gasteiger charge is 2.15. The quantitative estimate of drug-likeness (QED) is 0.378. The van der Waals surface area contributed by atoms with E-state index in [-0.39, 0.29) is 5.91 Å². The van der Waals surface area contributed by atoms with Crippen LogP contribution in [0.3, 0.4) is 0 Å². The molecule has 0 spiro atoms. The van der Waals surface area contributed by atoms with Crippen LogP contribution in [0.5, 0.6) is 5.75 Å². The Balaban J connectivity index is 1.91. The number of allylic oxidation sites excluding steroid dienone is 1. The van der Waals surface area contributed by atoms with E-state index >= 15 is 0 Å². The summed E-state index contributed by atoms with van der Waals surface area (Å²) >= 11 is 0. The summed E-state index contributed by atoms with van der Waals surface area (Å²) in [6, 6.07) is 12.4. The Morgan fingerprint density at radius 3 is 2.61 bits per heavy atom. The van der Waals surface area contributed by atoms with Crippen LogP contribution in [0.25, 0.3) is 27.7 Å². The topological polar surface area (TPSA) is 54.7 Å². The molecule has 0 fully saturated rings. The number of furan rings is 1. The minimum absolute atomic E-state index is 0.0928. The van der Waals surface area contributed by atoms with Crippen molar-refractivity contribution in [2.75, 3.05) is 33.8 Å². The first-order valence-corrected chi connectivity index (χ1v) is 10.8. The normalized spacial score (nSPS) is 11.9. The zero-order valence-corrected chi connectivity index (χ0v) is 19.1. The van der Waals surface area contributed by atoms with Gasteiger partial charge in [0.15, 0.2) is 0 Å². The third-order valence-electron chi connectivity index (χ3n) is 5.19. The van der Waals surface area contributed by atoms with Gasteiger partial charge in [-0.1, -0.05) is 29.8 Å². The van der Waals surface area contributed by atoms with Crippen LogP contribution < -0.4 is 10.1 Å². The van der Waals surface area contributed by atoms with Gasteiger partial charge in [0.25, 0.3) is 0 Å². The van der Waals surface area contributed by atoms with E-state index in [4.69, 9.17) is 9.15 Å². The maximum atomic E-state index is 12.4. The molecular formula is C26H32N2O3. The zero-order valence-electron chi connectivity index (χ0n) is 19.1. The van der Waals surface area contributed by atoms with E-state index in [0.717, 1.165) is 46.2 Å². The molecule has 0 bridgehead atoms. The van der Waals surface area contributed by atoms with Crippen LogP contribution in [-0.2, 0) is 4.79 Å². The molecule has 0 unspecified atom stereocenters. The van der Waals surface area contributed by atoms with Crippen molar-refractivity contribution < 1.29 is 13.9 Å². The van der Waals surface area contributed by atoms with Gasteiger partial charge in [-0.3, -0.25) is 4.79 Å². The summed E-state index contributed by atoms with van der Waals surface area (Å²) in [6.45, 7) is 8.09. The molecule has 5 heteroatoms. The minimum Gasteiger partial charge on any atom is -0.493 e. The molecule has 0 saturated heterocycles. The lowest BCUT2D eigenvalue weighted by Gasteiger charge is -2.12. The third kappa shape index (κ3) is 5.76. The van der Waals surface area contributed by atoms with Crippen molar-refractivity contribution in [3.63, 3.8) is 0 Å². The second kappa shape index (κ2) is 10.3. The summed E-state index contributed by atoms with van der Waals surface area (Å²) in [4.78, 5) is 14.5. The van der Waals surface area contributed by atoms with Crippen LogP contribution in [0.4, 0.5) is 0 Å². The predicted molar refractivity (Wildman–Crippen MR) is 127 cm³/mol. The molecule has 1 heterocycles. The molecule has 2 aromatic carbocycles. The maximum Gasteiger partial charge on any atom is 0.244 e. The predicted octanol–water partition coefficient (Wildman–Crippen LogP) is 5.28. The van der Waals surface area contributed by atoms with E-state index in [2.05, 4.69) is 47.5 Å². The minimum atomic E-state index is -0.0928. The Bertz CT molecular complexity index is 1060. The molecule has 0 aliphatic heterocycles. The van der Waals surface area contributed by atoms with Crippen LogP contribution in [0.1, 0.15) is 31.4 Å². The Morgan fingerprint density at radius 1 is 1.19 bits per heavy atom. The van der Waals surface area contributed by atoms with Gasteiger partial charge in [0.05, 0.1) is 12.9 Å². The highest BCUT2D eigenvalue weighted by atomic mass is 16.5. The molecule has 1 aromatic heterocycles. The lowest BCUT2D eigenvalue weighted by molar-refractivity contribution is -0.116. The van der Waals surface area contributed by atoms with Crippen molar-refractivity contribution in [1.29, 1.82) is 0 Å². The molecule has 31 heavy (non-hydrogen) atoms. The summed E-state index contributed by atoms with van der Waals surface area (Å²) in [5.41, 5.74) is 5.86. The maximum absolute atomic E-state index is 12.4. The number of carbonyl (C=O) groups excluding carboxylic acids is 1.